The summed E-state index contributed by atoms with van der Waals surface area (Å²) in [5.74, 6) is 0.943. The van der Waals surface area contributed by atoms with Crippen LogP contribution in [0.3, 0.4) is 0 Å². The van der Waals surface area contributed by atoms with Crippen LogP contribution >= 0.6 is 0 Å². The van der Waals surface area contributed by atoms with Crippen LogP contribution in [-0.2, 0) is 14.8 Å². The minimum Gasteiger partial charge on any atom is -0.390 e. The van der Waals surface area contributed by atoms with Crippen molar-refractivity contribution >= 4 is 15.9 Å². The molecule has 7 heteroatoms. The molecule has 1 amide bonds. The molecule has 4 saturated carbocycles. The number of aliphatic hydroxyl groups is 1. The van der Waals surface area contributed by atoms with Crippen molar-refractivity contribution in [3.63, 3.8) is 0 Å². The van der Waals surface area contributed by atoms with Gasteiger partial charge in [0.1, 0.15) is 5.54 Å². The van der Waals surface area contributed by atoms with E-state index in [1.165, 1.54) is 4.31 Å². The second-order valence-corrected chi connectivity index (χ2v) is 13.8. The van der Waals surface area contributed by atoms with Gasteiger partial charge < -0.3 is 10.4 Å². The number of carbonyl (C=O) groups is 1. The third kappa shape index (κ3) is 4.00. The van der Waals surface area contributed by atoms with E-state index in [2.05, 4.69) is 5.32 Å². The highest BCUT2D eigenvalue weighted by Crippen LogP contribution is 2.55. The van der Waals surface area contributed by atoms with Crippen LogP contribution in [0.4, 0.5) is 0 Å². The first kappa shape index (κ1) is 24.1. The van der Waals surface area contributed by atoms with Gasteiger partial charge in [0, 0.05) is 12.6 Å². The van der Waals surface area contributed by atoms with Crippen molar-refractivity contribution in [2.45, 2.75) is 80.4 Å². The number of nitrogens with one attached hydrogen (secondary N) is 1. The SMILES string of the molecule is C[C@@]1(C(=O)NC2C3CC4CC2CC(O)(C4)C3)CCCCN1S(=O)(=O)c1ccc(-c2ccccc2)cc1. The van der Waals surface area contributed by atoms with E-state index in [1.807, 2.05) is 42.5 Å². The Balaban J connectivity index is 1.24. The molecule has 1 saturated heterocycles. The zero-order valence-electron chi connectivity index (χ0n) is 20.9. The fourth-order valence-corrected chi connectivity index (χ4v) is 9.62. The predicted molar refractivity (Wildman–Crippen MR) is 138 cm³/mol. The third-order valence-corrected chi connectivity index (χ3v) is 11.4. The van der Waals surface area contributed by atoms with Gasteiger partial charge in [-0.3, -0.25) is 4.79 Å². The van der Waals surface area contributed by atoms with Crippen LogP contribution in [0.15, 0.2) is 59.5 Å². The van der Waals surface area contributed by atoms with Crippen LogP contribution in [0, 0.1) is 17.8 Å². The van der Waals surface area contributed by atoms with Gasteiger partial charge in [-0.25, -0.2) is 8.42 Å². The largest absolute Gasteiger partial charge is 0.390 e. The fourth-order valence-electron chi connectivity index (χ4n) is 7.81. The highest BCUT2D eigenvalue weighted by atomic mass is 32.2. The van der Waals surface area contributed by atoms with E-state index in [1.54, 1.807) is 19.1 Å². The average Bonchev–Trinajstić information content (AvgIpc) is 2.86. The van der Waals surface area contributed by atoms with Gasteiger partial charge in [0.2, 0.25) is 15.9 Å². The molecular weight excluding hydrogens is 472 g/mol. The van der Waals surface area contributed by atoms with E-state index in [4.69, 9.17) is 0 Å². The van der Waals surface area contributed by atoms with Gasteiger partial charge in [-0.1, -0.05) is 42.5 Å². The number of hydrogen-bond donors (Lipinski definition) is 2. The van der Waals surface area contributed by atoms with Crippen LogP contribution < -0.4 is 5.32 Å². The normalized spacial score (nSPS) is 36.1. The maximum Gasteiger partial charge on any atom is 0.244 e. The summed E-state index contributed by atoms with van der Waals surface area (Å²) in [6, 6.07) is 16.9. The van der Waals surface area contributed by atoms with Crippen molar-refractivity contribution < 1.29 is 18.3 Å². The molecule has 1 aliphatic heterocycles. The third-order valence-electron chi connectivity index (χ3n) is 9.40. The molecule has 3 atom stereocenters. The Bertz CT molecular complexity index is 1230. The molecule has 2 unspecified atom stereocenters. The van der Waals surface area contributed by atoms with E-state index >= 15 is 0 Å². The summed E-state index contributed by atoms with van der Waals surface area (Å²) in [6.07, 6.45) is 6.57. The van der Waals surface area contributed by atoms with Gasteiger partial charge in [-0.15, -0.1) is 0 Å². The molecule has 6 nitrogen and oxygen atoms in total. The molecule has 7 rings (SSSR count). The van der Waals surface area contributed by atoms with Gasteiger partial charge in [0.05, 0.1) is 10.5 Å². The summed E-state index contributed by atoms with van der Waals surface area (Å²) in [6.45, 7) is 2.13. The number of piperidine rings is 1. The Morgan fingerprint density at radius 2 is 1.58 bits per heavy atom. The highest BCUT2D eigenvalue weighted by Gasteiger charge is 2.56. The standard InChI is InChI=1S/C29H36N2O4S/c1-28(27(32)30-26-23-15-20-16-24(26)19-29(33,17-20)18-23)13-5-6-14-31(28)36(34,35)25-11-9-22(10-12-25)21-7-3-2-4-8-21/h2-4,7-12,20,23-24,26,33H,5-6,13-19H2,1H3,(H,30,32)/t20?,23?,24?,26?,28-,29?/m0/s1. The van der Waals surface area contributed by atoms with Crippen molar-refractivity contribution in [2.24, 2.45) is 17.8 Å². The summed E-state index contributed by atoms with van der Waals surface area (Å²) in [7, 11) is -3.85. The number of sulfonamides is 1. The number of benzene rings is 2. The van der Waals surface area contributed by atoms with Gasteiger partial charge in [-0.05, 0) is 99.3 Å². The van der Waals surface area contributed by atoms with E-state index in [0.717, 1.165) is 56.1 Å². The first-order valence-corrected chi connectivity index (χ1v) is 14.8. The number of rotatable bonds is 5. The first-order chi connectivity index (χ1) is 17.2. The molecule has 2 N–H and O–H groups in total. The van der Waals surface area contributed by atoms with E-state index in [9.17, 15) is 18.3 Å². The smallest absolute Gasteiger partial charge is 0.244 e. The lowest BCUT2D eigenvalue weighted by Crippen LogP contribution is -2.66. The molecule has 0 spiro atoms. The Morgan fingerprint density at radius 1 is 0.944 bits per heavy atom. The Kier molecular flexibility index (Phi) is 5.82. The van der Waals surface area contributed by atoms with E-state index in [0.29, 0.717) is 18.9 Å². The maximum absolute atomic E-state index is 13.8. The Hall–Kier alpha value is -2.22. The molecule has 5 fully saturated rings. The fraction of sp³-hybridized carbons (Fsp3) is 0.552. The molecule has 5 aliphatic rings. The lowest BCUT2D eigenvalue weighted by atomic mass is 9.52. The van der Waals surface area contributed by atoms with Crippen molar-refractivity contribution in [3.05, 3.63) is 54.6 Å². The van der Waals surface area contributed by atoms with Gasteiger partial charge >= 0.3 is 0 Å². The van der Waals surface area contributed by atoms with Crippen molar-refractivity contribution in [2.75, 3.05) is 6.54 Å². The lowest BCUT2D eigenvalue weighted by molar-refractivity contribution is -0.151. The molecule has 0 radical (unpaired) electrons. The highest BCUT2D eigenvalue weighted by molar-refractivity contribution is 7.89. The van der Waals surface area contributed by atoms with Crippen LogP contribution in [0.2, 0.25) is 0 Å². The van der Waals surface area contributed by atoms with E-state index < -0.39 is 21.2 Å². The van der Waals surface area contributed by atoms with Crippen LogP contribution in [-0.4, -0.2) is 47.5 Å². The topological polar surface area (TPSA) is 86.7 Å². The average molecular weight is 509 g/mol. The molecular formula is C29H36N2O4S. The minimum atomic E-state index is -3.85. The van der Waals surface area contributed by atoms with Crippen molar-refractivity contribution in [1.29, 1.82) is 0 Å². The molecule has 192 valence electrons. The molecule has 2 aromatic carbocycles. The first-order valence-electron chi connectivity index (χ1n) is 13.4. The van der Waals surface area contributed by atoms with Crippen molar-refractivity contribution in [3.8, 4) is 11.1 Å². The second kappa shape index (κ2) is 8.67. The van der Waals surface area contributed by atoms with Crippen LogP contribution in [0.1, 0.15) is 58.3 Å². The summed E-state index contributed by atoms with van der Waals surface area (Å²) in [5, 5.41) is 14.2. The van der Waals surface area contributed by atoms with Gasteiger partial charge in [-0.2, -0.15) is 4.31 Å². The minimum absolute atomic E-state index is 0.0304. The number of hydrogen-bond acceptors (Lipinski definition) is 4. The summed E-state index contributed by atoms with van der Waals surface area (Å²) in [4.78, 5) is 14.1. The zero-order valence-corrected chi connectivity index (χ0v) is 21.7. The molecule has 4 aliphatic carbocycles. The summed E-state index contributed by atoms with van der Waals surface area (Å²) < 4.78 is 29.1. The monoisotopic (exact) mass is 508 g/mol. The van der Waals surface area contributed by atoms with E-state index in [-0.39, 0.29) is 28.7 Å². The summed E-state index contributed by atoms with van der Waals surface area (Å²) >= 11 is 0. The number of carbonyl (C=O) groups excluding carboxylic acids is 1. The number of amides is 1. The predicted octanol–water partition coefficient (Wildman–Crippen LogP) is 4.34. The Labute approximate surface area is 214 Å². The molecule has 0 aromatic heterocycles. The quantitative estimate of drug-likeness (QED) is 0.629. The van der Waals surface area contributed by atoms with Crippen LogP contribution in [0.25, 0.3) is 11.1 Å². The Morgan fingerprint density at radius 3 is 2.22 bits per heavy atom. The zero-order chi connectivity index (χ0) is 25.1. The van der Waals surface area contributed by atoms with Crippen molar-refractivity contribution in [1.82, 2.24) is 9.62 Å². The summed E-state index contributed by atoms with van der Waals surface area (Å²) in [5.41, 5.74) is 0.301. The number of nitrogens with zero attached hydrogens (tertiary/aromatic N) is 1. The van der Waals surface area contributed by atoms with Gasteiger partial charge in [0.15, 0.2) is 0 Å². The molecule has 1 heterocycles. The molecule has 36 heavy (non-hydrogen) atoms. The second-order valence-electron chi connectivity index (χ2n) is 11.9. The molecule has 2 aromatic rings. The van der Waals surface area contributed by atoms with Crippen LogP contribution in [0.5, 0.6) is 0 Å². The lowest BCUT2D eigenvalue weighted by Gasteiger charge is -2.58. The molecule has 4 bridgehead atoms. The van der Waals surface area contributed by atoms with Gasteiger partial charge in [0.25, 0.3) is 0 Å². The maximum atomic E-state index is 13.8.